The summed E-state index contributed by atoms with van der Waals surface area (Å²) in [6.07, 6.45) is -5.00. The Kier molecular flexibility index (Phi) is 10.4. The molecule has 10 nitrogen and oxygen atoms in total. The van der Waals surface area contributed by atoms with E-state index < -0.39 is 55.1 Å². The molecule has 0 fully saturated rings. The smallest absolute Gasteiger partial charge is 0.303 e. The normalized spacial score (nSPS) is 14.2. The van der Waals surface area contributed by atoms with Crippen molar-refractivity contribution in [2.75, 3.05) is 20.8 Å². The summed E-state index contributed by atoms with van der Waals surface area (Å²) in [6.45, 7) is 4.10. The predicted octanol–water partition coefficient (Wildman–Crippen LogP) is -0.0365. The Morgan fingerprint density at radius 3 is 1.48 bits per heavy atom. The van der Waals surface area contributed by atoms with Crippen molar-refractivity contribution in [3.05, 3.63) is 0 Å². The van der Waals surface area contributed by atoms with Crippen LogP contribution >= 0.6 is 0 Å². The molecule has 0 aromatic rings. The van der Waals surface area contributed by atoms with Crippen LogP contribution in [0.4, 0.5) is 0 Å². The van der Waals surface area contributed by atoms with E-state index in [1.54, 1.807) is 0 Å². The Morgan fingerprint density at radius 1 is 0.680 bits per heavy atom. The van der Waals surface area contributed by atoms with Crippen LogP contribution in [0.5, 0.6) is 0 Å². The van der Waals surface area contributed by atoms with Crippen LogP contribution < -0.4 is 0 Å². The third kappa shape index (κ3) is 9.01. The van der Waals surface area contributed by atoms with E-state index in [-0.39, 0.29) is 0 Å². The zero-order valence-corrected chi connectivity index (χ0v) is 15.1. The first-order valence-electron chi connectivity index (χ1n) is 7.32. The molecule has 0 bridgehead atoms. The standard InChI is InChI=1S/C15H24O10/c1-8(16)22-7-12(23-9(2)17)13(24-10(3)18)14(25-11(4)19)15(20-5)21-6/h12-15H,7H2,1-6H3/t12-,13-,14+/m0/s1. The van der Waals surface area contributed by atoms with Gasteiger partial charge in [0.1, 0.15) is 6.61 Å². The van der Waals surface area contributed by atoms with Crippen LogP contribution in [0.1, 0.15) is 27.7 Å². The number of hydrogen-bond acceptors (Lipinski definition) is 10. The van der Waals surface area contributed by atoms with Gasteiger partial charge in [0, 0.05) is 41.9 Å². The van der Waals surface area contributed by atoms with Crippen molar-refractivity contribution in [1.82, 2.24) is 0 Å². The predicted molar refractivity (Wildman–Crippen MR) is 81.1 cm³/mol. The average Bonchev–Trinajstić information content (AvgIpc) is 2.48. The molecule has 144 valence electrons. The number of ether oxygens (including phenoxy) is 6. The topological polar surface area (TPSA) is 124 Å². The van der Waals surface area contributed by atoms with Gasteiger partial charge in [-0.3, -0.25) is 19.2 Å². The summed E-state index contributed by atoms with van der Waals surface area (Å²) in [6, 6.07) is 0. The number of hydrogen-bond donors (Lipinski definition) is 0. The molecule has 0 N–H and O–H groups in total. The summed E-state index contributed by atoms with van der Waals surface area (Å²) in [5, 5.41) is 0. The van der Waals surface area contributed by atoms with Crippen LogP contribution in [0.15, 0.2) is 0 Å². The fraction of sp³-hybridized carbons (Fsp3) is 0.733. The second-order valence-electron chi connectivity index (χ2n) is 4.94. The fourth-order valence-corrected chi connectivity index (χ4v) is 1.99. The van der Waals surface area contributed by atoms with Gasteiger partial charge in [0.25, 0.3) is 0 Å². The number of methoxy groups -OCH3 is 2. The minimum absolute atomic E-state index is 0.426. The molecule has 0 radical (unpaired) electrons. The molecule has 0 aliphatic heterocycles. The summed E-state index contributed by atoms with van der Waals surface area (Å²) in [4.78, 5) is 45.3. The van der Waals surface area contributed by atoms with Gasteiger partial charge < -0.3 is 28.4 Å². The van der Waals surface area contributed by atoms with E-state index in [1.165, 1.54) is 14.2 Å². The van der Waals surface area contributed by atoms with Gasteiger partial charge >= 0.3 is 23.9 Å². The van der Waals surface area contributed by atoms with Gasteiger partial charge in [0.15, 0.2) is 24.6 Å². The molecule has 0 heterocycles. The SMILES string of the molecule is COC(OC)[C@H](OC(C)=O)[C@@H](OC(C)=O)[C@H](COC(C)=O)OC(C)=O. The lowest BCUT2D eigenvalue weighted by molar-refractivity contribution is -0.232. The molecule has 0 saturated carbocycles. The van der Waals surface area contributed by atoms with Crippen LogP contribution in [0.25, 0.3) is 0 Å². The molecule has 25 heavy (non-hydrogen) atoms. The lowest BCUT2D eigenvalue weighted by Gasteiger charge is -2.34. The Morgan fingerprint density at radius 2 is 1.12 bits per heavy atom. The van der Waals surface area contributed by atoms with Gasteiger partial charge in [0.2, 0.25) is 0 Å². The molecule has 10 heteroatoms. The molecule has 0 spiro atoms. The molecular weight excluding hydrogens is 340 g/mol. The molecule has 0 saturated heterocycles. The minimum atomic E-state index is -1.34. The molecule has 0 rings (SSSR count). The maximum absolute atomic E-state index is 11.5. The van der Waals surface area contributed by atoms with E-state index in [2.05, 4.69) is 0 Å². The maximum atomic E-state index is 11.5. The molecule has 0 aromatic carbocycles. The molecule has 0 aromatic heterocycles. The van der Waals surface area contributed by atoms with Crippen LogP contribution in [0.2, 0.25) is 0 Å². The quantitative estimate of drug-likeness (QED) is 0.296. The first kappa shape index (κ1) is 22.8. The van der Waals surface area contributed by atoms with E-state index in [0.29, 0.717) is 0 Å². The zero-order chi connectivity index (χ0) is 19.6. The van der Waals surface area contributed by atoms with Gasteiger partial charge in [-0.05, 0) is 0 Å². The molecule has 0 unspecified atom stereocenters. The van der Waals surface area contributed by atoms with E-state index in [1.807, 2.05) is 0 Å². The van der Waals surface area contributed by atoms with Crippen molar-refractivity contribution in [2.45, 2.75) is 52.3 Å². The van der Waals surface area contributed by atoms with Crippen LogP contribution in [-0.4, -0.2) is 69.3 Å². The molecule has 0 aliphatic rings. The van der Waals surface area contributed by atoms with E-state index in [0.717, 1.165) is 27.7 Å². The Labute approximate surface area is 145 Å². The van der Waals surface area contributed by atoms with Crippen molar-refractivity contribution < 1.29 is 47.6 Å². The third-order valence-corrected chi connectivity index (χ3v) is 2.80. The highest BCUT2D eigenvalue weighted by molar-refractivity contribution is 5.68. The van der Waals surface area contributed by atoms with Crippen molar-refractivity contribution in [1.29, 1.82) is 0 Å². The average molecular weight is 364 g/mol. The fourth-order valence-electron chi connectivity index (χ4n) is 1.99. The Hall–Kier alpha value is -2.20. The highest BCUT2D eigenvalue weighted by atomic mass is 16.7. The van der Waals surface area contributed by atoms with E-state index >= 15 is 0 Å². The monoisotopic (exact) mass is 364 g/mol. The van der Waals surface area contributed by atoms with Crippen molar-refractivity contribution in [3.8, 4) is 0 Å². The first-order valence-corrected chi connectivity index (χ1v) is 7.32. The lowest BCUT2D eigenvalue weighted by Crippen LogP contribution is -2.53. The molecular formula is C15H24O10. The van der Waals surface area contributed by atoms with Crippen LogP contribution in [0, 0.1) is 0 Å². The van der Waals surface area contributed by atoms with Crippen molar-refractivity contribution in [2.24, 2.45) is 0 Å². The van der Waals surface area contributed by atoms with Gasteiger partial charge in [-0.1, -0.05) is 0 Å². The van der Waals surface area contributed by atoms with Crippen molar-refractivity contribution >= 4 is 23.9 Å². The number of rotatable bonds is 10. The van der Waals surface area contributed by atoms with Crippen LogP contribution in [-0.2, 0) is 47.6 Å². The van der Waals surface area contributed by atoms with Crippen LogP contribution in [0.3, 0.4) is 0 Å². The Balaban J connectivity index is 5.77. The highest BCUT2D eigenvalue weighted by Gasteiger charge is 2.42. The van der Waals surface area contributed by atoms with Gasteiger partial charge in [-0.25, -0.2) is 0 Å². The number of carbonyl (C=O) groups is 4. The summed E-state index contributed by atoms with van der Waals surface area (Å²) in [5.74, 6) is -2.82. The largest absolute Gasteiger partial charge is 0.462 e. The summed E-state index contributed by atoms with van der Waals surface area (Å²) >= 11 is 0. The molecule has 0 amide bonds. The van der Waals surface area contributed by atoms with Crippen molar-refractivity contribution in [3.63, 3.8) is 0 Å². The summed E-state index contributed by atoms with van der Waals surface area (Å²) in [5.41, 5.74) is 0. The summed E-state index contributed by atoms with van der Waals surface area (Å²) < 4.78 is 30.3. The van der Waals surface area contributed by atoms with Gasteiger partial charge in [0.05, 0.1) is 0 Å². The van der Waals surface area contributed by atoms with E-state index in [9.17, 15) is 19.2 Å². The summed E-state index contributed by atoms with van der Waals surface area (Å²) in [7, 11) is 2.56. The zero-order valence-electron chi connectivity index (χ0n) is 15.1. The van der Waals surface area contributed by atoms with Gasteiger partial charge in [-0.15, -0.1) is 0 Å². The third-order valence-electron chi connectivity index (χ3n) is 2.80. The number of esters is 4. The second-order valence-corrected chi connectivity index (χ2v) is 4.94. The highest BCUT2D eigenvalue weighted by Crippen LogP contribution is 2.19. The maximum Gasteiger partial charge on any atom is 0.303 e. The molecule has 0 aliphatic carbocycles. The van der Waals surface area contributed by atoms with E-state index in [4.69, 9.17) is 28.4 Å². The Bertz CT molecular complexity index is 471. The minimum Gasteiger partial charge on any atom is -0.462 e. The van der Waals surface area contributed by atoms with Gasteiger partial charge in [-0.2, -0.15) is 0 Å². The second kappa shape index (κ2) is 11.4. The number of carbonyl (C=O) groups excluding carboxylic acids is 4. The first-order chi connectivity index (χ1) is 11.6. The molecule has 3 atom stereocenters. The lowest BCUT2D eigenvalue weighted by atomic mass is 10.1.